The molecule has 30 heavy (non-hydrogen) atoms. The van der Waals surface area contributed by atoms with E-state index in [0.717, 1.165) is 42.9 Å². The van der Waals surface area contributed by atoms with Gasteiger partial charge in [-0.05, 0) is 55.5 Å². The summed E-state index contributed by atoms with van der Waals surface area (Å²) in [6, 6.07) is 6.95. The minimum Gasteiger partial charge on any atom is -0.435 e. The maximum Gasteiger partial charge on any atom is 0.387 e. The average Bonchev–Trinajstić information content (AvgIpc) is 3.07. The van der Waals surface area contributed by atoms with Gasteiger partial charge in [-0.15, -0.1) is 11.3 Å². The number of carbonyl (C=O) groups is 1. The third kappa shape index (κ3) is 4.66. The molecule has 1 aromatic heterocycles. The Kier molecular flexibility index (Phi) is 6.65. The van der Waals surface area contributed by atoms with Gasteiger partial charge in [-0.1, -0.05) is 0 Å². The van der Waals surface area contributed by atoms with Crippen molar-refractivity contribution in [2.45, 2.75) is 45.3 Å². The lowest BCUT2D eigenvalue weighted by atomic mass is 9.88. The average molecular weight is 438 g/mol. The summed E-state index contributed by atoms with van der Waals surface area (Å²) in [7, 11) is 0. The van der Waals surface area contributed by atoms with Gasteiger partial charge in [-0.2, -0.15) is 8.78 Å². The number of halogens is 2. The van der Waals surface area contributed by atoms with E-state index in [0.29, 0.717) is 13.2 Å². The summed E-state index contributed by atoms with van der Waals surface area (Å²) in [5.41, 5.74) is 3.57. The van der Waals surface area contributed by atoms with Crippen molar-refractivity contribution in [2.24, 2.45) is 0 Å². The van der Waals surface area contributed by atoms with E-state index >= 15 is 0 Å². The molecular formula is C22H27F2N2O3S+. The molecule has 1 fully saturated rings. The summed E-state index contributed by atoms with van der Waals surface area (Å²) in [6.45, 7) is 1.76. The van der Waals surface area contributed by atoms with Crippen LogP contribution in [0.3, 0.4) is 0 Å². The van der Waals surface area contributed by atoms with E-state index in [2.05, 4.69) is 10.1 Å². The Bertz CT molecular complexity index is 879. The second kappa shape index (κ2) is 9.41. The third-order valence-corrected chi connectivity index (χ3v) is 7.00. The van der Waals surface area contributed by atoms with Gasteiger partial charge >= 0.3 is 6.61 Å². The number of fused-ring (bicyclic) bond motifs is 1. The largest absolute Gasteiger partial charge is 0.435 e. The fraction of sp³-hybridized carbons (Fsp3) is 0.500. The first-order valence-corrected chi connectivity index (χ1v) is 11.2. The number of carbonyl (C=O) groups excluding carboxylic acids is 1. The van der Waals surface area contributed by atoms with E-state index in [1.54, 1.807) is 23.5 Å². The van der Waals surface area contributed by atoms with Crippen molar-refractivity contribution in [3.63, 3.8) is 0 Å². The Labute approximate surface area is 179 Å². The van der Waals surface area contributed by atoms with E-state index in [4.69, 9.17) is 4.74 Å². The lowest BCUT2D eigenvalue weighted by Crippen LogP contribution is -3.14. The zero-order valence-corrected chi connectivity index (χ0v) is 17.8. The number of amides is 1. The molecule has 1 amide bonds. The standard InChI is InChI=1S/C22H26F2N2O3S/c1-14(27)25-21-19(17-4-2-3-5-18(17)30-21)20(26-10-12-28-13-11-26)15-6-8-16(9-7-15)29-22(23)24/h6-9,20,22H,2-5,10-13H2,1H3,(H,25,27)/p+1/t20-/m1/s1. The Hall–Kier alpha value is -2.03. The van der Waals surface area contributed by atoms with Crippen LogP contribution in [-0.2, 0) is 22.4 Å². The normalized spacial score (nSPS) is 18.1. The number of hydrogen-bond acceptors (Lipinski definition) is 4. The van der Waals surface area contributed by atoms with Crippen molar-refractivity contribution >= 4 is 22.2 Å². The molecule has 0 bridgehead atoms. The molecule has 1 saturated heterocycles. The highest BCUT2D eigenvalue weighted by Crippen LogP contribution is 2.42. The highest BCUT2D eigenvalue weighted by molar-refractivity contribution is 7.16. The molecule has 2 heterocycles. The van der Waals surface area contributed by atoms with Crippen LogP contribution in [-0.4, -0.2) is 38.8 Å². The Morgan fingerprint density at radius 1 is 1.17 bits per heavy atom. The van der Waals surface area contributed by atoms with Crippen LogP contribution in [0.25, 0.3) is 0 Å². The number of quaternary nitrogens is 1. The number of nitrogens with one attached hydrogen (secondary N) is 2. The topological polar surface area (TPSA) is 52.0 Å². The first kappa shape index (κ1) is 21.2. The fourth-order valence-electron chi connectivity index (χ4n) is 4.52. The Morgan fingerprint density at radius 3 is 2.53 bits per heavy atom. The fourth-order valence-corrected chi connectivity index (χ4v) is 5.89. The molecule has 1 aromatic carbocycles. The Balaban J connectivity index is 1.78. The molecular weight excluding hydrogens is 410 g/mol. The lowest BCUT2D eigenvalue weighted by Gasteiger charge is -2.33. The van der Waals surface area contributed by atoms with Gasteiger partial charge in [0.1, 0.15) is 29.9 Å². The number of aryl methyl sites for hydroxylation is 1. The molecule has 0 radical (unpaired) electrons. The maximum atomic E-state index is 12.6. The predicted octanol–water partition coefficient (Wildman–Crippen LogP) is 3.19. The molecule has 2 aliphatic rings. The van der Waals surface area contributed by atoms with Crippen molar-refractivity contribution in [1.82, 2.24) is 0 Å². The summed E-state index contributed by atoms with van der Waals surface area (Å²) >= 11 is 1.69. The molecule has 1 atom stereocenters. The van der Waals surface area contributed by atoms with Crippen LogP contribution in [0, 0.1) is 0 Å². The van der Waals surface area contributed by atoms with Crippen molar-refractivity contribution < 1.29 is 27.9 Å². The van der Waals surface area contributed by atoms with Crippen LogP contribution < -0.4 is 15.0 Å². The molecule has 2 N–H and O–H groups in total. The molecule has 2 aromatic rings. The number of hydrogen-bond donors (Lipinski definition) is 2. The van der Waals surface area contributed by atoms with Crippen LogP contribution in [0.4, 0.5) is 13.8 Å². The smallest absolute Gasteiger partial charge is 0.387 e. The summed E-state index contributed by atoms with van der Waals surface area (Å²) < 4.78 is 35.3. The van der Waals surface area contributed by atoms with E-state index in [1.807, 2.05) is 12.1 Å². The van der Waals surface area contributed by atoms with Crippen LogP contribution >= 0.6 is 11.3 Å². The molecule has 1 aliphatic carbocycles. The van der Waals surface area contributed by atoms with Crippen LogP contribution in [0.5, 0.6) is 5.75 Å². The highest BCUT2D eigenvalue weighted by Gasteiger charge is 2.35. The van der Waals surface area contributed by atoms with Gasteiger partial charge < -0.3 is 19.7 Å². The van der Waals surface area contributed by atoms with Crippen molar-refractivity contribution in [3.05, 3.63) is 45.8 Å². The van der Waals surface area contributed by atoms with Crippen molar-refractivity contribution in [3.8, 4) is 5.75 Å². The number of morpholine rings is 1. The van der Waals surface area contributed by atoms with Gasteiger partial charge in [0, 0.05) is 17.4 Å². The zero-order valence-electron chi connectivity index (χ0n) is 17.0. The highest BCUT2D eigenvalue weighted by atomic mass is 32.1. The van der Waals surface area contributed by atoms with Gasteiger partial charge in [-0.25, -0.2) is 0 Å². The third-order valence-electron chi connectivity index (χ3n) is 5.77. The summed E-state index contributed by atoms with van der Waals surface area (Å²) in [6.07, 6.45) is 4.36. The molecule has 5 nitrogen and oxygen atoms in total. The van der Waals surface area contributed by atoms with Gasteiger partial charge in [0.15, 0.2) is 0 Å². The molecule has 0 unspecified atom stereocenters. The molecule has 1 aliphatic heterocycles. The minimum absolute atomic E-state index is 0.00875. The van der Waals surface area contributed by atoms with Gasteiger partial charge in [0.05, 0.1) is 18.8 Å². The predicted molar refractivity (Wildman–Crippen MR) is 112 cm³/mol. The summed E-state index contributed by atoms with van der Waals surface area (Å²) in [5.74, 6) is 0.0742. The number of ether oxygens (including phenoxy) is 2. The minimum atomic E-state index is -2.84. The van der Waals surface area contributed by atoms with Crippen LogP contribution in [0.1, 0.15) is 47.4 Å². The SMILES string of the molecule is CC(=O)Nc1sc2c(c1[C@@H](c1ccc(OC(F)F)cc1)[NH+]1CCOCC1)CCCC2. The van der Waals surface area contributed by atoms with Gasteiger partial charge in [-0.3, -0.25) is 4.79 Å². The monoisotopic (exact) mass is 437 g/mol. The number of alkyl halides is 2. The van der Waals surface area contributed by atoms with Crippen molar-refractivity contribution in [2.75, 3.05) is 31.6 Å². The molecule has 0 saturated carbocycles. The molecule has 0 spiro atoms. The first-order chi connectivity index (χ1) is 14.5. The molecule has 8 heteroatoms. The summed E-state index contributed by atoms with van der Waals surface area (Å²) in [5, 5.41) is 3.99. The number of benzene rings is 1. The summed E-state index contributed by atoms with van der Waals surface area (Å²) in [4.78, 5) is 14.7. The number of rotatable bonds is 6. The lowest BCUT2D eigenvalue weighted by molar-refractivity contribution is -0.933. The van der Waals surface area contributed by atoms with Gasteiger partial charge in [0.2, 0.25) is 5.91 Å². The van der Waals surface area contributed by atoms with E-state index < -0.39 is 6.61 Å². The van der Waals surface area contributed by atoms with Crippen molar-refractivity contribution in [1.29, 1.82) is 0 Å². The molecule has 162 valence electrons. The quantitative estimate of drug-likeness (QED) is 0.730. The zero-order chi connectivity index (χ0) is 21.1. The van der Waals surface area contributed by atoms with Crippen LogP contribution in [0.15, 0.2) is 24.3 Å². The van der Waals surface area contributed by atoms with E-state index in [9.17, 15) is 13.6 Å². The first-order valence-electron chi connectivity index (χ1n) is 10.4. The van der Waals surface area contributed by atoms with E-state index in [1.165, 1.54) is 34.2 Å². The van der Waals surface area contributed by atoms with E-state index in [-0.39, 0.29) is 17.7 Å². The maximum absolute atomic E-state index is 12.6. The second-order valence-corrected chi connectivity index (χ2v) is 8.89. The molecule has 4 rings (SSSR count). The van der Waals surface area contributed by atoms with Crippen LogP contribution in [0.2, 0.25) is 0 Å². The number of thiophene rings is 1. The van der Waals surface area contributed by atoms with Gasteiger partial charge in [0.25, 0.3) is 0 Å². The second-order valence-electron chi connectivity index (χ2n) is 7.79. The Morgan fingerprint density at radius 2 is 1.87 bits per heavy atom. The number of anilines is 1.